The second-order valence-electron chi connectivity index (χ2n) is 6.51. The summed E-state index contributed by atoms with van der Waals surface area (Å²) in [5, 5.41) is 14.9. The molecular weight excluding hydrogens is 319 g/mol. The number of hydrogen-bond acceptors (Lipinski definition) is 3. The van der Waals surface area contributed by atoms with Crippen molar-refractivity contribution >= 4 is 11.6 Å². The first-order valence-corrected chi connectivity index (χ1v) is 8.63. The molecule has 0 fully saturated rings. The quantitative estimate of drug-likeness (QED) is 0.781. The van der Waals surface area contributed by atoms with E-state index < -0.39 is 0 Å². The van der Waals surface area contributed by atoms with Crippen LogP contribution in [0.5, 0.6) is 0 Å². The van der Waals surface area contributed by atoms with Crippen LogP contribution < -0.4 is 10.6 Å². The van der Waals surface area contributed by atoms with Crippen LogP contribution in [0.3, 0.4) is 0 Å². The molecule has 0 saturated heterocycles. The molecule has 2 unspecified atom stereocenters. The molecule has 0 bridgehead atoms. The minimum absolute atomic E-state index is 0.00945. The summed E-state index contributed by atoms with van der Waals surface area (Å²) in [6.07, 6.45) is 1.67. The minimum Gasteiger partial charge on any atom is -0.395 e. The Kier molecular flexibility index (Phi) is 5.34. The monoisotopic (exact) mass is 342 g/mol. The molecule has 0 spiro atoms. The van der Waals surface area contributed by atoms with Crippen LogP contribution in [0.1, 0.15) is 40.9 Å². The Labute approximate surface area is 147 Å². The Morgan fingerprint density at radius 3 is 2.88 bits per heavy atom. The van der Waals surface area contributed by atoms with Crippen LogP contribution in [-0.2, 0) is 6.42 Å². The van der Waals surface area contributed by atoms with Gasteiger partial charge in [0.25, 0.3) is 5.91 Å². The SMILES string of the molecule is CC1CCc2c(F)cccc2C1Nc1cccc(C(=O)NCCO)c1. The van der Waals surface area contributed by atoms with Crippen LogP contribution in [0, 0.1) is 11.7 Å². The zero-order valence-electron chi connectivity index (χ0n) is 14.3. The molecule has 2 aromatic carbocycles. The van der Waals surface area contributed by atoms with Crippen LogP contribution in [0.15, 0.2) is 42.5 Å². The third-order valence-corrected chi connectivity index (χ3v) is 4.75. The van der Waals surface area contributed by atoms with Gasteiger partial charge in [0.05, 0.1) is 12.6 Å². The van der Waals surface area contributed by atoms with Crippen LogP contribution in [0.25, 0.3) is 0 Å². The van der Waals surface area contributed by atoms with Gasteiger partial charge in [0.2, 0.25) is 0 Å². The lowest BCUT2D eigenvalue weighted by molar-refractivity contribution is 0.0945. The molecule has 3 N–H and O–H groups in total. The molecule has 25 heavy (non-hydrogen) atoms. The maximum atomic E-state index is 14.1. The molecule has 0 aliphatic heterocycles. The fraction of sp³-hybridized carbons (Fsp3) is 0.350. The number of carbonyl (C=O) groups is 1. The van der Waals surface area contributed by atoms with Gasteiger partial charge in [-0.15, -0.1) is 0 Å². The molecular formula is C20H23FN2O2. The van der Waals surface area contributed by atoms with E-state index in [9.17, 15) is 9.18 Å². The molecule has 0 radical (unpaired) electrons. The second-order valence-corrected chi connectivity index (χ2v) is 6.51. The molecule has 2 aromatic rings. The number of anilines is 1. The highest BCUT2D eigenvalue weighted by Gasteiger charge is 2.28. The van der Waals surface area contributed by atoms with Gasteiger partial charge in [0.15, 0.2) is 0 Å². The number of fused-ring (bicyclic) bond motifs is 1. The van der Waals surface area contributed by atoms with E-state index >= 15 is 0 Å². The summed E-state index contributed by atoms with van der Waals surface area (Å²) < 4.78 is 14.1. The fourth-order valence-electron chi connectivity index (χ4n) is 3.40. The van der Waals surface area contributed by atoms with E-state index in [2.05, 4.69) is 17.6 Å². The predicted molar refractivity (Wildman–Crippen MR) is 96.1 cm³/mol. The first-order chi connectivity index (χ1) is 12.1. The van der Waals surface area contributed by atoms with E-state index in [-0.39, 0.29) is 30.9 Å². The number of amides is 1. The maximum Gasteiger partial charge on any atom is 0.251 e. The fourth-order valence-corrected chi connectivity index (χ4v) is 3.40. The molecule has 0 aromatic heterocycles. The topological polar surface area (TPSA) is 61.4 Å². The van der Waals surface area contributed by atoms with Crippen LogP contribution in [-0.4, -0.2) is 24.2 Å². The molecule has 2 atom stereocenters. The summed E-state index contributed by atoms with van der Waals surface area (Å²) in [6, 6.07) is 12.5. The Morgan fingerprint density at radius 2 is 2.08 bits per heavy atom. The van der Waals surface area contributed by atoms with Crippen molar-refractivity contribution in [1.29, 1.82) is 0 Å². The summed E-state index contributed by atoms with van der Waals surface area (Å²) in [5.41, 5.74) is 3.14. The lowest BCUT2D eigenvalue weighted by atomic mass is 9.80. The number of hydrogen-bond donors (Lipinski definition) is 3. The van der Waals surface area contributed by atoms with Gasteiger partial charge in [0.1, 0.15) is 5.82 Å². The van der Waals surface area contributed by atoms with Gasteiger partial charge in [0, 0.05) is 17.8 Å². The summed E-state index contributed by atoms with van der Waals surface area (Å²) >= 11 is 0. The average Bonchev–Trinajstić information content (AvgIpc) is 2.62. The number of aliphatic hydroxyl groups excluding tert-OH is 1. The number of benzene rings is 2. The highest BCUT2D eigenvalue weighted by Crippen LogP contribution is 2.37. The molecule has 1 amide bonds. The van der Waals surface area contributed by atoms with Gasteiger partial charge in [-0.3, -0.25) is 4.79 Å². The van der Waals surface area contributed by atoms with Gasteiger partial charge in [-0.05, 0) is 54.2 Å². The normalized spacial score (nSPS) is 19.2. The zero-order chi connectivity index (χ0) is 17.8. The number of halogens is 1. The van der Waals surface area contributed by atoms with Crippen molar-refractivity contribution in [2.45, 2.75) is 25.8 Å². The van der Waals surface area contributed by atoms with Crippen molar-refractivity contribution in [2.24, 2.45) is 5.92 Å². The van der Waals surface area contributed by atoms with E-state index in [1.165, 1.54) is 6.07 Å². The lowest BCUT2D eigenvalue weighted by Crippen LogP contribution is -2.27. The van der Waals surface area contributed by atoms with Gasteiger partial charge in [-0.2, -0.15) is 0 Å². The summed E-state index contributed by atoms with van der Waals surface area (Å²) in [7, 11) is 0. The Hall–Kier alpha value is -2.40. The Balaban J connectivity index is 1.83. The molecule has 0 heterocycles. The molecule has 1 aliphatic carbocycles. The van der Waals surface area contributed by atoms with Crippen molar-refractivity contribution in [1.82, 2.24) is 5.32 Å². The number of carbonyl (C=O) groups excluding carboxylic acids is 1. The Bertz CT molecular complexity index is 763. The second kappa shape index (κ2) is 7.66. The predicted octanol–water partition coefficient (Wildman–Crippen LogP) is 3.28. The lowest BCUT2D eigenvalue weighted by Gasteiger charge is -2.33. The van der Waals surface area contributed by atoms with E-state index in [0.717, 1.165) is 29.7 Å². The largest absolute Gasteiger partial charge is 0.395 e. The van der Waals surface area contributed by atoms with E-state index in [1.807, 2.05) is 18.2 Å². The van der Waals surface area contributed by atoms with Crippen molar-refractivity contribution in [2.75, 3.05) is 18.5 Å². The first-order valence-electron chi connectivity index (χ1n) is 8.63. The Morgan fingerprint density at radius 1 is 1.28 bits per heavy atom. The third kappa shape index (κ3) is 3.82. The number of nitrogens with one attached hydrogen (secondary N) is 2. The highest BCUT2D eigenvalue weighted by molar-refractivity contribution is 5.95. The van der Waals surface area contributed by atoms with Gasteiger partial charge in [-0.25, -0.2) is 4.39 Å². The zero-order valence-corrected chi connectivity index (χ0v) is 14.3. The number of aliphatic hydroxyl groups is 1. The van der Waals surface area contributed by atoms with Crippen molar-refractivity contribution in [3.05, 3.63) is 65.0 Å². The van der Waals surface area contributed by atoms with Crippen molar-refractivity contribution in [3.8, 4) is 0 Å². The molecule has 0 saturated carbocycles. The van der Waals surface area contributed by atoms with Crippen molar-refractivity contribution in [3.63, 3.8) is 0 Å². The highest BCUT2D eigenvalue weighted by atomic mass is 19.1. The maximum absolute atomic E-state index is 14.1. The van der Waals surface area contributed by atoms with Crippen LogP contribution in [0.2, 0.25) is 0 Å². The summed E-state index contributed by atoms with van der Waals surface area (Å²) in [4.78, 5) is 12.1. The third-order valence-electron chi connectivity index (χ3n) is 4.75. The summed E-state index contributed by atoms with van der Waals surface area (Å²) in [6.45, 7) is 2.29. The average molecular weight is 342 g/mol. The van der Waals surface area contributed by atoms with Gasteiger partial charge >= 0.3 is 0 Å². The molecule has 1 aliphatic rings. The first kappa shape index (κ1) is 17.4. The molecule has 5 heteroatoms. The van der Waals surface area contributed by atoms with E-state index in [4.69, 9.17) is 5.11 Å². The van der Waals surface area contributed by atoms with Gasteiger partial charge < -0.3 is 15.7 Å². The molecule has 3 rings (SSSR count). The smallest absolute Gasteiger partial charge is 0.251 e. The minimum atomic E-state index is -0.221. The summed E-state index contributed by atoms with van der Waals surface area (Å²) in [5.74, 6) is -0.00431. The molecule has 132 valence electrons. The van der Waals surface area contributed by atoms with Gasteiger partial charge in [-0.1, -0.05) is 25.1 Å². The standard InChI is InChI=1S/C20H23FN2O2/c1-13-8-9-16-17(6-3-7-18(16)21)19(13)23-15-5-2-4-14(12-15)20(25)22-10-11-24/h2-7,12-13,19,23-24H,8-11H2,1H3,(H,22,25). The molecule has 4 nitrogen and oxygen atoms in total. The number of rotatable bonds is 5. The van der Waals surface area contributed by atoms with Crippen LogP contribution >= 0.6 is 0 Å². The van der Waals surface area contributed by atoms with Crippen molar-refractivity contribution < 1.29 is 14.3 Å². The van der Waals surface area contributed by atoms with Crippen LogP contribution in [0.4, 0.5) is 10.1 Å². The van der Waals surface area contributed by atoms with E-state index in [0.29, 0.717) is 11.5 Å². The van der Waals surface area contributed by atoms with E-state index in [1.54, 1.807) is 18.2 Å².